The van der Waals surface area contributed by atoms with Gasteiger partial charge in [0.05, 0.1) is 11.9 Å². The average molecular weight is 332 g/mol. The van der Waals surface area contributed by atoms with Gasteiger partial charge in [-0.3, -0.25) is 0 Å². The zero-order valence-corrected chi connectivity index (χ0v) is 15.7. The molecule has 2 unspecified atom stereocenters. The first-order valence-electron chi connectivity index (χ1n) is 9.52. The van der Waals surface area contributed by atoms with Crippen LogP contribution in [0.15, 0.2) is 12.3 Å². The van der Waals surface area contributed by atoms with Gasteiger partial charge in [-0.05, 0) is 43.6 Å². The minimum absolute atomic E-state index is 0.479. The topological polar surface area (TPSA) is 53.1 Å². The van der Waals surface area contributed by atoms with Crippen molar-refractivity contribution >= 4 is 11.5 Å². The van der Waals surface area contributed by atoms with Crippen LogP contribution in [0.4, 0.5) is 11.5 Å². The molecule has 0 radical (unpaired) electrons. The molecule has 1 saturated carbocycles. The standard InChI is InChI=1S/C19H33N5/c1-5-17-14(6-8-19(17,2)3)11-21-18-10-16(12-22-23-18)24-9-7-15(13-24)20-4/h10,12,14-15,17,20H,5-9,11,13H2,1-4H3,(H,21,23)/t14?,15-,17?/m0/s1. The van der Waals surface area contributed by atoms with Gasteiger partial charge in [0, 0.05) is 31.7 Å². The van der Waals surface area contributed by atoms with Crippen LogP contribution < -0.4 is 15.5 Å². The van der Waals surface area contributed by atoms with E-state index in [9.17, 15) is 0 Å². The molecule has 0 spiro atoms. The number of anilines is 2. The smallest absolute Gasteiger partial charge is 0.150 e. The Bertz CT molecular complexity index is 544. The van der Waals surface area contributed by atoms with Crippen LogP contribution in [-0.2, 0) is 0 Å². The molecule has 1 aliphatic heterocycles. The fourth-order valence-corrected chi connectivity index (χ4v) is 4.79. The highest BCUT2D eigenvalue weighted by atomic mass is 15.2. The minimum Gasteiger partial charge on any atom is -0.369 e. The maximum absolute atomic E-state index is 4.29. The predicted octanol–water partition coefficient (Wildman–Crippen LogP) is 3.15. The Labute approximate surface area is 146 Å². The van der Waals surface area contributed by atoms with E-state index in [-0.39, 0.29) is 0 Å². The lowest BCUT2D eigenvalue weighted by molar-refractivity contribution is 0.215. The van der Waals surface area contributed by atoms with E-state index in [1.165, 1.54) is 31.4 Å². The third-order valence-electron chi connectivity index (χ3n) is 6.32. The summed E-state index contributed by atoms with van der Waals surface area (Å²) in [5, 5.41) is 15.4. The number of nitrogens with zero attached hydrogens (tertiary/aromatic N) is 3. The van der Waals surface area contributed by atoms with Gasteiger partial charge in [-0.1, -0.05) is 27.2 Å². The van der Waals surface area contributed by atoms with Gasteiger partial charge in [0.2, 0.25) is 0 Å². The van der Waals surface area contributed by atoms with E-state index in [2.05, 4.69) is 52.6 Å². The van der Waals surface area contributed by atoms with E-state index in [1.54, 1.807) is 0 Å². The summed E-state index contributed by atoms with van der Waals surface area (Å²) in [7, 11) is 2.04. The van der Waals surface area contributed by atoms with E-state index in [4.69, 9.17) is 0 Å². The summed E-state index contributed by atoms with van der Waals surface area (Å²) in [6.45, 7) is 10.3. The lowest BCUT2D eigenvalue weighted by Crippen LogP contribution is -2.29. The van der Waals surface area contributed by atoms with E-state index in [1.807, 2.05) is 13.2 Å². The Morgan fingerprint density at radius 3 is 2.88 bits per heavy atom. The van der Waals surface area contributed by atoms with Crippen LogP contribution in [0, 0.1) is 17.3 Å². The third kappa shape index (κ3) is 3.66. The van der Waals surface area contributed by atoms with Gasteiger partial charge < -0.3 is 15.5 Å². The number of hydrogen-bond donors (Lipinski definition) is 2. The molecule has 0 bridgehead atoms. The number of likely N-dealkylation sites (N-methyl/N-ethyl adjacent to an activating group) is 1. The molecule has 24 heavy (non-hydrogen) atoms. The lowest BCUT2D eigenvalue weighted by atomic mass is 9.77. The zero-order chi connectivity index (χ0) is 17.2. The number of aromatic nitrogens is 2. The summed E-state index contributed by atoms with van der Waals surface area (Å²) in [5.74, 6) is 2.46. The molecule has 1 aromatic heterocycles. The van der Waals surface area contributed by atoms with Gasteiger partial charge in [-0.2, -0.15) is 5.10 Å². The SMILES string of the molecule is CCC1C(CNc2cc(N3CC[C@H](NC)C3)cnn2)CCC1(C)C. The molecule has 2 fully saturated rings. The number of rotatable bonds is 6. The first-order valence-corrected chi connectivity index (χ1v) is 9.52. The van der Waals surface area contributed by atoms with Gasteiger partial charge in [-0.25, -0.2) is 0 Å². The van der Waals surface area contributed by atoms with Crippen LogP contribution in [0.1, 0.15) is 46.5 Å². The van der Waals surface area contributed by atoms with Crippen LogP contribution in [0.25, 0.3) is 0 Å². The summed E-state index contributed by atoms with van der Waals surface area (Å²) in [5.41, 5.74) is 1.66. The van der Waals surface area contributed by atoms with Crippen molar-refractivity contribution in [2.45, 2.75) is 52.5 Å². The van der Waals surface area contributed by atoms with Crippen LogP contribution in [0.3, 0.4) is 0 Å². The summed E-state index contributed by atoms with van der Waals surface area (Å²) in [6, 6.07) is 2.74. The van der Waals surface area contributed by atoms with Crippen LogP contribution >= 0.6 is 0 Å². The molecule has 3 atom stereocenters. The predicted molar refractivity (Wildman–Crippen MR) is 100 cm³/mol. The van der Waals surface area contributed by atoms with Gasteiger partial charge in [0.1, 0.15) is 0 Å². The highest BCUT2D eigenvalue weighted by Gasteiger charge is 2.40. The fourth-order valence-electron chi connectivity index (χ4n) is 4.79. The Morgan fingerprint density at radius 2 is 2.17 bits per heavy atom. The first-order chi connectivity index (χ1) is 11.5. The summed E-state index contributed by atoms with van der Waals surface area (Å²) in [6.07, 6.45) is 7.00. The molecule has 0 amide bonds. The van der Waals surface area contributed by atoms with Crippen molar-refractivity contribution < 1.29 is 0 Å². The van der Waals surface area contributed by atoms with E-state index < -0.39 is 0 Å². The van der Waals surface area contributed by atoms with Gasteiger partial charge in [0.15, 0.2) is 5.82 Å². The van der Waals surface area contributed by atoms with Crippen molar-refractivity contribution in [3.8, 4) is 0 Å². The Kier molecular flexibility index (Phi) is 5.28. The highest BCUT2D eigenvalue weighted by Crippen LogP contribution is 2.48. The maximum Gasteiger partial charge on any atom is 0.150 e. The van der Waals surface area contributed by atoms with Crippen LogP contribution in [0.5, 0.6) is 0 Å². The van der Waals surface area contributed by atoms with Crippen molar-refractivity contribution in [3.05, 3.63) is 12.3 Å². The second-order valence-electron chi connectivity index (χ2n) is 8.20. The molecule has 1 saturated heterocycles. The third-order valence-corrected chi connectivity index (χ3v) is 6.32. The average Bonchev–Trinajstić information content (AvgIpc) is 3.17. The molecule has 2 heterocycles. The van der Waals surface area contributed by atoms with Crippen molar-refractivity contribution in [2.75, 3.05) is 36.9 Å². The maximum atomic E-state index is 4.29. The molecular formula is C19H33N5. The van der Waals surface area contributed by atoms with Gasteiger partial charge >= 0.3 is 0 Å². The molecule has 1 aliphatic carbocycles. The normalized spacial score (nSPS) is 29.2. The van der Waals surface area contributed by atoms with Crippen molar-refractivity contribution in [1.82, 2.24) is 15.5 Å². The monoisotopic (exact) mass is 331 g/mol. The fraction of sp³-hybridized carbons (Fsp3) is 0.789. The summed E-state index contributed by atoms with van der Waals surface area (Å²) < 4.78 is 0. The molecule has 134 valence electrons. The molecular weight excluding hydrogens is 298 g/mol. The molecule has 1 aromatic rings. The van der Waals surface area contributed by atoms with Crippen LogP contribution in [0.2, 0.25) is 0 Å². The van der Waals surface area contributed by atoms with Crippen molar-refractivity contribution in [3.63, 3.8) is 0 Å². The second-order valence-corrected chi connectivity index (χ2v) is 8.20. The number of hydrogen-bond acceptors (Lipinski definition) is 5. The highest BCUT2D eigenvalue weighted by molar-refractivity contribution is 5.53. The van der Waals surface area contributed by atoms with E-state index in [0.29, 0.717) is 11.5 Å². The molecule has 5 nitrogen and oxygen atoms in total. The van der Waals surface area contributed by atoms with E-state index in [0.717, 1.165) is 37.3 Å². The van der Waals surface area contributed by atoms with E-state index >= 15 is 0 Å². The first kappa shape index (κ1) is 17.5. The zero-order valence-electron chi connectivity index (χ0n) is 15.7. The lowest BCUT2D eigenvalue weighted by Gasteiger charge is -2.30. The summed E-state index contributed by atoms with van der Waals surface area (Å²) >= 11 is 0. The van der Waals surface area contributed by atoms with Crippen LogP contribution in [-0.4, -0.2) is 42.9 Å². The second kappa shape index (κ2) is 7.26. The molecule has 3 rings (SSSR count). The molecule has 2 N–H and O–H groups in total. The quantitative estimate of drug-likeness (QED) is 0.839. The minimum atomic E-state index is 0.479. The van der Waals surface area contributed by atoms with Crippen molar-refractivity contribution in [2.24, 2.45) is 17.3 Å². The van der Waals surface area contributed by atoms with Crippen molar-refractivity contribution in [1.29, 1.82) is 0 Å². The molecule has 5 heteroatoms. The Morgan fingerprint density at radius 1 is 1.33 bits per heavy atom. The van der Waals surface area contributed by atoms with Gasteiger partial charge in [0.25, 0.3) is 0 Å². The Hall–Kier alpha value is -1.36. The largest absolute Gasteiger partial charge is 0.369 e. The molecule has 0 aromatic carbocycles. The Balaban J connectivity index is 1.59. The summed E-state index contributed by atoms with van der Waals surface area (Å²) in [4.78, 5) is 2.40. The number of nitrogens with one attached hydrogen (secondary N) is 2. The van der Waals surface area contributed by atoms with Gasteiger partial charge in [-0.15, -0.1) is 5.10 Å². The molecule has 2 aliphatic rings.